The highest BCUT2D eigenvalue weighted by atomic mass is 79.9. The molecule has 1 N–H and O–H groups in total. The molecule has 4 rings (SSSR count). The lowest BCUT2D eigenvalue weighted by Crippen LogP contribution is -2.36. The largest absolute Gasteiger partial charge is 0.490 e. The van der Waals surface area contributed by atoms with E-state index in [1.165, 1.54) is 12.3 Å². The van der Waals surface area contributed by atoms with E-state index in [0.29, 0.717) is 12.1 Å². The van der Waals surface area contributed by atoms with Crippen molar-refractivity contribution in [1.29, 1.82) is 0 Å². The van der Waals surface area contributed by atoms with Gasteiger partial charge in [-0.1, -0.05) is 28.1 Å². The lowest BCUT2D eigenvalue weighted by molar-refractivity contribution is -0.192. The van der Waals surface area contributed by atoms with Crippen molar-refractivity contribution in [3.63, 3.8) is 0 Å². The molecule has 2 heterocycles. The van der Waals surface area contributed by atoms with Gasteiger partial charge in [0.05, 0.1) is 11.1 Å². The Morgan fingerprint density at radius 3 is 2.17 bits per heavy atom. The Labute approximate surface area is 203 Å². The molecule has 3 aromatic rings. The Morgan fingerprint density at radius 2 is 1.66 bits per heavy atom. The number of hydrogen-bond donors (Lipinski definition) is 1. The first-order valence-corrected chi connectivity index (χ1v) is 12.1. The number of carboxylic acid groups (broad SMARTS) is 1. The monoisotopic (exact) mass is 586 g/mol. The van der Waals surface area contributed by atoms with Crippen molar-refractivity contribution < 1.29 is 44.7 Å². The lowest BCUT2D eigenvalue weighted by atomic mass is 10.1. The van der Waals surface area contributed by atoms with Crippen molar-refractivity contribution in [3.8, 4) is 0 Å². The van der Waals surface area contributed by atoms with Gasteiger partial charge in [0.15, 0.2) is 0 Å². The molecule has 0 amide bonds. The van der Waals surface area contributed by atoms with E-state index in [1.807, 2.05) is 6.07 Å². The summed E-state index contributed by atoms with van der Waals surface area (Å²) in [5.74, 6) is -2.76. The van der Waals surface area contributed by atoms with Gasteiger partial charge in [-0.05, 0) is 55.4 Å². The van der Waals surface area contributed by atoms with Gasteiger partial charge < -0.3 is 5.11 Å². The molecule has 0 unspecified atom stereocenters. The number of rotatable bonds is 4. The molecular weight excluding hydrogens is 570 g/mol. The number of alkyl halides is 6. The maximum Gasteiger partial charge on any atom is 0.490 e. The number of aliphatic carboxylic acids is 1. The minimum Gasteiger partial charge on any atom is -0.475 e. The van der Waals surface area contributed by atoms with Crippen LogP contribution in [0.2, 0.25) is 0 Å². The Balaban J connectivity index is 0.000000429. The molecule has 0 atom stereocenters. The summed E-state index contributed by atoms with van der Waals surface area (Å²) in [4.78, 5) is 10.4. The molecule has 2 aromatic carbocycles. The molecular formula is C21H17BrF6N2O4S. The molecule has 0 bridgehead atoms. The molecule has 1 aliphatic rings. The van der Waals surface area contributed by atoms with Gasteiger partial charge in [0.2, 0.25) is 0 Å². The van der Waals surface area contributed by atoms with Crippen LogP contribution in [0, 0.1) is 0 Å². The number of carboxylic acids is 1. The molecule has 0 saturated carbocycles. The van der Waals surface area contributed by atoms with Crippen molar-refractivity contribution >= 4 is 42.8 Å². The first-order valence-electron chi connectivity index (χ1n) is 9.86. The number of hydrogen-bond acceptors (Lipinski definition) is 4. The Bertz CT molecular complexity index is 1350. The molecule has 190 valence electrons. The maximum atomic E-state index is 13.5. The van der Waals surface area contributed by atoms with Gasteiger partial charge in [-0.25, -0.2) is 17.2 Å². The predicted molar refractivity (Wildman–Crippen MR) is 117 cm³/mol. The molecule has 35 heavy (non-hydrogen) atoms. The van der Waals surface area contributed by atoms with Crippen molar-refractivity contribution in [3.05, 3.63) is 64.3 Å². The zero-order valence-electron chi connectivity index (χ0n) is 17.6. The van der Waals surface area contributed by atoms with E-state index in [-0.39, 0.29) is 4.47 Å². The number of carbonyl (C=O) groups is 1. The van der Waals surface area contributed by atoms with Crippen LogP contribution in [0.1, 0.15) is 17.5 Å². The number of benzene rings is 2. The van der Waals surface area contributed by atoms with Crippen LogP contribution in [0.4, 0.5) is 26.3 Å². The van der Waals surface area contributed by atoms with E-state index >= 15 is 0 Å². The summed E-state index contributed by atoms with van der Waals surface area (Å²) in [7, 11) is -4.43. The molecule has 1 aliphatic heterocycles. The third-order valence-corrected chi connectivity index (χ3v) is 7.40. The summed E-state index contributed by atoms with van der Waals surface area (Å²) in [5, 5.41) is 7.85. The topological polar surface area (TPSA) is 79.6 Å². The van der Waals surface area contributed by atoms with E-state index in [0.717, 1.165) is 46.6 Å². The zero-order chi connectivity index (χ0) is 26.2. The number of aromatic nitrogens is 1. The second kappa shape index (κ2) is 9.82. The van der Waals surface area contributed by atoms with Crippen LogP contribution < -0.4 is 0 Å². The predicted octanol–water partition coefficient (Wildman–Crippen LogP) is 5.50. The SMILES string of the molecule is O=C(O)C(F)(F)F.O=S(=O)(c1ccc(Br)cc1C(F)(F)F)n1ccc2c(CN3CCC3)cccc21. The summed E-state index contributed by atoms with van der Waals surface area (Å²) >= 11 is 2.98. The van der Waals surface area contributed by atoms with E-state index in [9.17, 15) is 34.8 Å². The average Bonchev–Trinajstić information content (AvgIpc) is 3.15. The number of likely N-dealkylation sites (tertiary alicyclic amines) is 1. The highest BCUT2D eigenvalue weighted by Crippen LogP contribution is 2.37. The van der Waals surface area contributed by atoms with Gasteiger partial charge in [0.1, 0.15) is 4.90 Å². The molecule has 1 aromatic heterocycles. The lowest BCUT2D eigenvalue weighted by Gasteiger charge is -2.30. The fraction of sp³-hybridized carbons (Fsp3) is 0.286. The zero-order valence-corrected chi connectivity index (χ0v) is 20.0. The summed E-state index contributed by atoms with van der Waals surface area (Å²) in [6.45, 7) is 2.67. The summed E-state index contributed by atoms with van der Waals surface area (Å²) in [6, 6.07) is 9.97. The number of fused-ring (bicyclic) bond motifs is 1. The van der Waals surface area contributed by atoms with Crippen molar-refractivity contribution in [1.82, 2.24) is 8.87 Å². The van der Waals surface area contributed by atoms with E-state index in [1.54, 1.807) is 18.2 Å². The summed E-state index contributed by atoms with van der Waals surface area (Å²) in [6.07, 6.45) is -7.42. The second-order valence-electron chi connectivity index (χ2n) is 7.54. The Kier molecular flexibility index (Phi) is 7.58. The van der Waals surface area contributed by atoms with Crippen LogP contribution in [0.25, 0.3) is 10.9 Å². The first kappa shape index (κ1) is 27.0. The van der Waals surface area contributed by atoms with Crippen LogP contribution in [-0.2, 0) is 27.5 Å². The maximum absolute atomic E-state index is 13.5. The van der Waals surface area contributed by atoms with E-state index in [2.05, 4.69) is 20.8 Å². The first-order chi connectivity index (χ1) is 16.1. The molecule has 6 nitrogen and oxygen atoms in total. The molecule has 1 saturated heterocycles. The highest BCUT2D eigenvalue weighted by Gasteiger charge is 2.39. The standard InChI is InChI=1S/C19H16BrF3N2O2S.C2HF3O2/c20-14-5-6-18(16(11-14)19(21,22)23)28(26,27)25-10-7-15-13(3-1-4-17(15)25)12-24-8-2-9-24;3-2(4,5)1(6)7/h1,3-7,10-11H,2,8-9,12H2;(H,6,7). The smallest absolute Gasteiger partial charge is 0.475 e. The van der Waals surface area contributed by atoms with E-state index in [4.69, 9.17) is 9.90 Å². The van der Waals surface area contributed by atoms with Gasteiger partial charge in [-0.3, -0.25) is 4.90 Å². The van der Waals surface area contributed by atoms with Crippen LogP contribution in [0.3, 0.4) is 0 Å². The average molecular weight is 587 g/mol. The fourth-order valence-electron chi connectivity index (χ4n) is 3.39. The van der Waals surface area contributed by atoms with Crippen molar-refractivity contribution in [2.45, 2.75) is 30.2 Å². The quantitative estimate of drug-likeness (QED) is 0.408. The van der Waals surface area contributed by atoms with Crippen LogP contribution >= 0.6 is 15.9 Å². The van der Waals surface area contributed by atoms with Gasteiger partial charge in [0, 0.05) is 22.6 Å². The summed E-state index contributed by atoms with van der Waals surface area (Å²) in [5.41, 5.74) is 0.132. The minimum atomic E-state index is -5.08. The third-order valence-electron chi connectivity index (χ3n) is 5.16. The normalized spacial score (nSPS) is 14.8. The van der Waals surface area contributed by atoms with Gasteiger partial charge in [-0.2, -0.15) is 26.3 Å². The molecule has 14 heteroatoms. The van der Waals surface area contributed by atoms with Gasteiger partial charge in [0.25, 0.3) is 10.0 Å². The van der Waals surface area contributed by atoms with Gasteiger partial charge >= 0.3 is 18.3 Å². The number of halogens is 7. The Hall–Kier alpha value is -2.58. The fourth-order valence-corrected chi connectivity index (χ4v) is 5.29. The van der Waals surface area contributed by atoms with Crippen LogP contribution in [-0.4, -0.2) is 47.6 Å². The third kappa shape index (κ3) is 5.98. The van der Waals surface area contributed by atoms with Gasteiger partial charge in [-0.15, -0.1) is 0 Å². The second-order valence-corrected chi connectivity index (χ2v) is 10.2. The van der Waals surface area contributed by atoms with Crippen LogP contribution in [0.5, 0.6) is 0 Å². The minimum absolute atomic E-state index is 0.160. The van der Waals surface area contributed by atoms with E-state index < -0.39 is 38.8 Å². The molecule has 0 aliphatic carbocycles. The highest BCUT2D eigenvalue weighted by molar-refractivity contribution is 9.10. The molecule has 0 spiro atoms. The summed E-state index contributed by atoms with van der Waals surface area (Å²) < 4.78 is 99.5. The van der Waals surface area contributed by atoms with Crippen molar-refractivity contribution in [2.24, 2.45) is 0 Å². The number of nitrogens with zero attached hydrogens (tertiary/aromatic N) is 2. The van der Waals surface area contributed by atoms with Crippen molar-refractivity contribution in [2.75, 3.05) is 13.1 Å². The molecule has 1 fully saturated rings. The Morgan fingerprint density at radius 1 is 1.03 bits per heavy atom. The van der Waals surface area contributed by atoms with Crippen LogP contribution in [0.15, 0.2) is 58.0 Å². The molecule has 0 radical (unpaired) electrons.